The van der Waals surface area contributed by atoms with Gasteiger partial charge in [-0.05, 0) is 5.41 Å². The van der Waals surface area contributed by atoms with Gasteiger partial charge in [0.15, 0.2) is 0 Å². The average molecular weight is 223 g/mol. The van der Waals surface area contributed by atoms with E-state index in [1.165, 1.54) is 0 Å². The van der Waals surface area contributed by atoms with Gasteiger partial charge in [0.2, 0.25) is 5.91 Å². The highest BCUT2D eigenvalue weighted by Gasteiger charge is 2.15. The molecule has 0 radical (unpaired) electrons. The number of nitrogens with one attached hydrogen (secondary N) is 1. The maximum atomic E-state index is 11.2. The molecule has 2 N–H and O–H groups in total. The van der Waals surface area contributed by atoms with Crippen LogP contribution in [0, 0.1) is 5.41 Å². The third-order valence-electron chi connectivity index (χ3n) is 1.37. The predicted octanol–water partition coefficient (Wildman–Crippen LogP) is 0.427. The van der Waals surface area contributed by atoms with Crippen LogP contribution in [0.1, 0.15) is 27.2 Å². The fraction of sp³-hybridized carbons (Fsp3) is 0.875. The SMILES string of the molecule is CC(C)(C)CC(=O)NCCS(=O)(=O)O. The van der Waals surface area contributed by atoms with Crippen LogP contribution in [0.4, 0.5) is 0 Å². The molecular formula is C8H17NO4S. The Morgan fingerprint density at radius 1 is 1.36 bits per heavy atom. The van der Waals surface area contributed by atoms with E-state index in [1.807, 2.05) is 20.8 Å². The lowest BCUT2D eigenvalue weighted by atomic mass is 9.92. The summed E-state index contributed by atoms with van der Waals surface area (Å²) in [6.07, 6.45) is 0.332. The van der Waals surface area contributed by atoms with Crippen LogP contribution >= 0.6 is 0 Å². The van der Waals surface area contributed by atoms with Crippen LogP contribution in [0.2, 0.25) is 0 Å². The van der Waals surface area contributed by atoms with Gasteiger partial charge in [0.25, 0.3) is 10.1 Å². The summed E-state index contributed by atoms with van der Waals surface area (Å²) in [5.74, 6) is -0.649. The normalized spacial score (nSPS) is 12.6. The zero-order chi connectivity index (χ0) is 11.4. The number of carbonyl (C=O) groups excluding carboxylic acids is 1. The Bertz CT molecular complexity index is 289. The van der Waals surface area contributed by atoms with Crippen LogP contribution in [-0.4, -0.2) is 31.2 Å². The number of carbonyl (C=O) groups is 1. The molecule has 0 aromatic heterocycles. The monoisotopic (exact) mass is 223 g/mol. The van der Waals surface area contributed by atoms with Gasteiger partial charge in [0.05, 0.1) is 5.75 Å². The molecule has 0 aromatic rings. The van der Waals surface area contributed by atoms with Crippen molar-refractivity contribution in [1.82, 2.24) is 5.32 Å². The lowest BCUT2D eigenvalue weighted by Crippen LogP contribution is -2.31. The zero-order valence-electron chi connectivity index (χ0n) is 8.70. The van der Waals surface area contributed by atoms with Gasteiger partial charge in [-0.3, -0.25) is 9.35 Å². The molecule has 0 aromatic carbocycles. The summed E-state index contributed by atoms with van der Waals surface area (Å²) in [6, 6.07) is 0. The number of hydrogen-bond acceptors (Lipinski definition) is 3. The molecule has 0 aliphatic heterocycles. The second-order valence-electron chi connectivity index (χ2n) is 4.37. The summed E-state index contributed by atoms with van der Waals surface area (Å²) in [7, 11) is -3.98. The molecule has 0 spiro atoms. The third kappa shape index (κ3) is 9.47. The highest BCUT2D eigenvalue weighted by atomic mass is 32.2. The van der Waals surface area contributed by atoms with Gasteiger partial charge < -0.3 is 5.32 Å². The van der Waals surface area contributed by atoms with Crippen molar-refractivity contribution in [3.8, 4) is 0 Å². The molecule has 0 rings (SSSR count). The fourth-order valence-electron chi connectivity index (χ4n) is 0.864. The van der Waals surface area contributed by atoms with Crippen LogP contribution in [0.3, 0.4) is 0 Å². The molecule has 0 saturated heterocycles. The van der Waals surface area contributed by atoms with E-state index in [2.05, 4.69) is 5.32 Å². The highest BCUT2D eigenvalue weighted by Crippen LogP contribution is 2.17. The predicted molar refractivity (Wildman–Crippen MR) is 53.5 cm³/mol. The minimum absolute atomic E-state index is 0.0479. The Kier molecular flexibility index (Phi) is 4.54. The maximum absolute atomic E-state index is 11.2. The number of rotatable bonds is 4. The molecule has 0 fully saturated rings. The first kappa shape index (κ1) is 13.4. The molecule has 5 nitrogen and oxygen atoms in total. The van der Waals surface area contributed by atoms with Crippen LogP contribution in [0.25, 0.3) is 0 Å². The largest absolute Gasteiger partial charge is 0.355 e. The Hall–Kier alpha value is -0.620. The van der Waals surface area contributed by atoms with Gasteiger partial charge in [0, 0.05) is 13.0 Å². The minimum atomic E-state index is -3.98. The first-order chi connectivity index (χ1) is 6.10. The fourth-order valence-corrected chi connectivity index (χ4v) is 1.22. The van der Waals surface area contributed by atoms with E-state index in [0.29, 0.717) is 6.42 Å². The van der Waals surface area contributed by atoms with Crippen molar-refractivity contribution in [2.75, 3.05) is 12.3 Å². The zero-order valence-corrected chi connectivity index (χ0v) is 9.52. The molecule has 0 atom stereocenters. The first-order valence-electron chi connectivity index (χ1n) is 4.32. The van der Waals surface area contributed by atoms with E-state index in [9.17, 15) is 13.2 Å². The highest BCUT2D eigenvalue weighted by molar-refractivity contribution is 7.85. The molecule has 0 heterocycles. The van der Waals surface area contributed by atoms with Crippen molar-refractivity contribution >= 4 is 16.0 Å². The van der Waals surface area contributed by atoms with Gasteiger partial charge in [-0.2, -0.15) is 8.42 Å². The number of hydrogen-bond donors (Lipinski definition) is 2. The Labute approximate surface area is 84.6 Å². The summed E-state index contributed by atoms with van der Waals surface area (Å²) in [5, 5.41) is 2.42. The smallest absolute Gasteiger partial charge is 0.266 e. The van der Waals surface area contributed by atoms with Crippen LogP contribution in [0.15, 0.2) is 0 Å². The van der Waals surface area contributed by atoms with Crippen molar-refractivity contribution < 1.29 is 17.8 Å². The van der Waals surface area contributed by atoms with Crippen molar-refractivity contribution in [2.45, 2.75) is 27.2 Å². The summed E-state index contributed by atoms with van der Waals surface area (Å²) >= 11 is 0. The van der Waals surface area contributed by atoms with Crippen LogP contribution < -0.4 is 5.32 Å². The molecule has 1 amide bonds. The molecule has 0 bridgehead atoms. The van der Waals surface area contributed by atoms with Crippen molar-refractivity contribution in [3.05, 3.63) is 0 Å². The molecule has 6 heteroatoms. The third-order valence-corrected chi connectivity index (χ3v) is 2.09. The topological polar surface area (TPSA) is 83.5 Å². The van der Waals surface area contributed by atoms with Crippen LogP contribution in [0.5, 0.6) is 0 Å². The van der Waals surface area contributed by atoms with E-state index >= 15 is 0 Å². The molecule has 0 aliphatic rings. The molecule has 0 aliphatic carbocycles. The lowest BCUT2D eigenvalue weighted by molar-refractivity contribution is -0.122. The summed E-state index contributed by atoms with van der Waals surface area (Å²) in [6.45, 7) is 5.69. The average Bonchev–Trinajstić information content (AvgIpc) is 1.78. The first-order valence-corrected chi connectivity index (χ1v) is 5.93. The van der Waals surface area contributed by atoms with Gasteiger partial charge in [0.1, 0.15) is 0 Å². The second kappa shape index (κ2) is 4.75. The number of amides is 1. The Morgan fingerprint density at radius 2 is 1.86 bits per heavy atom. The molecular weight excluding hydrogens is 206 g/mol. The van der Waals surface area contributed by atoms with Gasteiger partial charge in [-0.15, -0.1) is 0 Å². The van der Waals surface area contributed by atoms with Crippen molar-refractivity contribution in [2.24, 2.45) is 5.41 Å². The van der Waals surface area contributed by atoms with E-state index in [0.717, 1.165) is 0 Å². The molecule has 0 unspecified atom stereocenters. The van der Waals surface area contributed by atoms with Gasteiger partial charge >= 0.3 is 0 Å². The summed E-state index contributed by atoms with van der Waals surface area (Å²) in [5.41, 5.74) is -0.123. The maximum Gasteiger partial charge on any atom is 0.266 e. The van der Waals surface area contributed by atoms with Crippen molar-refractivity contribution in [3.63, 3.8) is 0 Å². The lowest BCUT2D eigenvalue weighted by Gasteiger charge is -2.16. The second-order valence-corrected chi connectivity index (χ2v) is 5.95. The quantitative estimate of drug-likeness (QED) is 0.677. The van der Waals surface area contributed by atoms with E-state index in [-0.39, 0.29) is 17.9 Å². The molecule has 0 saturated carbocycles. The van der Waals surface area contributed by atoms with Gasteiger partial charge in [-0.25, -0.2) is 0 Å². The minimum Gasteiger partial charge on any atom is -0.355 e. The van der Waals surface area contributed by atoms with Crippen LogP contribution in [-0.2, 0) is 14.9 Å². The molecule has 84 valence electrons. The van der Waals surface area contributed by atoms with Crippen molar-refractivity contribution in [1.29, 1.82) is 0 Å². The Morgan fingerprint density at radius 3 is 2.21 bits per heavy atom. The van der Waals surface area contributed by atoms with E-state index in [4.69, 9.17) is 4.55 Å². The van der Waals surface area contributed by atoms with E-state index < -0.39 is 15.9 Å². The molecule has 14 heavy (non-hydrogen) atoms. The summed E-state index contributed by atoms with van der Waals surface area (Å²) in [4.78, 5) is 11.2. The summed E-state index contributed by atoms with van der Waals surface area (Å²) < 4.78 is 29.0. The van der Waals surface area contributed by atoms with E-state index in [1.54, 1.807) is 0 Å². The van der Waals surface area contributed by atoms with Gasteiger partial charge in [-0.1, -0.05) is 20.8 Å². The Balaban J connectivity index is 3.77. The standard InChI is InChI=1S/C8H17NO4S/c1-8(2,3)6-7(10)9-4-5-14(11,12)13/h4-6H2,1-3H3,(H,9,10)(H,11,12,13).